The lowest BCUT2D eigenvalue weighted by Gasteiger charge is -2.31. The topological polar surface area (TPSA) is 3.24 Å². The van der Waals surface area contributed by atoms with E-state index in [1.54, 1.807) is 5.56 Å². The fourth-order valence-electron chi connectivity index (χ4n) is 3.83. The summed E-state index contributed by atoms with van der Waals surface area (Å²) in [6.07, 6.45) is 3.91. The summed E-state index contributed by atoms with van der Waals surface area (Å²) in [5, 5.41) is 2.80. The molecule has 1 aliphatic heterocycles. The predicted octanol–water partition coefficient (Wildman–Crippen LogP) is 6.09. The predicted molar refractivity (Wildman–Crippen MR) is 104 cm³/mol. The first kappa shape index (κ1) is 17.3. The number of nitrogens with zero attached hydrogens (tertiary/aromatic N) is 1. The van der Waals surface area contributed by atoms with Crippen molar-refractivity contribution in [3.8, 4) is 0 Å². The third kappa shape index (κ3) is 2.67. The Hall–Kier alpha value is -1.02. The van der Waals surface area contributed by atoms with E-state index in [2.05, 4.69) is 69.0 Å². The monoisotopic (exact) mass is 361 g/mol. The van der Waals surface area contributed by atoms with Crippen LogP contribution >= 0.6 is 17.0 Å². The van der Waals surface area contributed by atoms with Gasteiger partial charge in [0.05, 0.1) is 0 Å². The maximum atomic E-state index is 2.64. The summed E-state index contributed by atoms with van der Waals surface area (Å²) in [5.41, 5.74) is 3.22. The lowest BCUT2D eigenvalue weighted by Crippen LogP contribution is -2.39. The first-order chi connectivity index (χ1) is 10.1. The maximum Gasteiger partial charge on any atom is 0.0414 e. The summed E-state index contributed by atoms with van der Waals surface area (Å²) in [6.45, 7) is 10.7. The van der Waals surface area contributed by atoms with Crippen molar-refractivity contribution in [3.63, 3.8) is 0 Å². The zero-order chi connectivity index (χ0) is 15.0. The molecular formula is C20H28BrN. The van der Waals surface area contributed by atoms with Crippen LogP contribution in [0.15, 0.2) is 36.4 Å². The summed E-state index contributed by atoms with van der Waals surface area (Å²) < 4.78 is 0. The molecule has 1 heterocycles. The molecule has 2 aromatic rings. The van der Waals surface area contributed by atoms with Crippen molar-refractivity contribution in [2.24, 2.45) is 0 Å². The minimum absolute atomic E-state index is 0. The van der Waals surface area contributed by atoms with Gasteiger partial charge < -0.3 is 4.90 Å². The van der Waals surface area contributed by atoms with Crippen LogP contribution in [0.5, 0.6) is 0 Å². The van der Waals surface area contributed by atoms with Gasteiger partial charge in [-0.1, -0.05) is 63.9 Å². The fraction of sp³-hybridized carbons (Fsp3) is 0.500. The molecule has 0 spiro atoms. The molecule has 120 valence electrons. The van der Waals surface area contributed by atoms with Crippen LogP contribution in [0.25, 0.3) is 10.8 Å². The van der Waals surface area contributed by atoms with Crippen molar-refractivity contribution in [1.82, 2.24) is 0 Å². The fourth-order valence-corrected chi connectivity index (χ4v) is 3.83. The van der Waals surface area contributed by atoms with E-state index in [4.69, 9.17) is 0 Å². The summed E-state index contributed by atoms with van der Waals surface area (Å²) in [5.74, 6) is 0. The lowest BCUT2D eigenvalue weighted by atomic mass is 9.79. The van der Waals surface area contributed by atoms with E-state index in [1.807, 2.05) is 0 Å². The number of fused-ring (bicyclic) bond motifs is 3. The smallest absolute Gasteiger partial charge is 0.0414 e. The standard InChI is InChI=1S/C20H27N.BrH/c1-5-6-9-14-21-15(2)20(3,4)19-17-11-8-7-10-16(17)12-13-18(19)21;/h7-8,10-13,15H,5-6,9,14H2,1-4H3;1H. The zero-order valence-electron chi connectivity index (χ0n) is 14.2. The summed E-state index contributed by atoms with van der Waals surface area (Å²) in [6, 6.07) is 14.0. The third-order valence-corrected chi connectivity index (χ3v) is 5.38. The highest BCUT2D eigenvalue weighted by atomic mass is 79.9. The molecule has 1 nitrogen and oxygen atoms in total. The number of benzene rings is 2. The van der Waals surface area contributed by atoms with E-state index in [-0.39, 0.29) is 22.4 Å². The summed E-state index contributed by atoms with van der Waals surface area (Å²) in [7, 11) is 0. The van der Waals surface area contributed by atoms with Crippen LogP contribution in [-0.4, -0.2) is 12.6 Å². The molecule has 2 heteroatoms. The van der Waals surface area contributed by atoms with Gasteiger partial charge in [-0.15, -0.1) is 17.0 Å². The van der Waals surface area contributed by atoms with Gasteiger partial charge in [0.1, 0.15) is 0 Å². The van der Waals surface area contributed by atoms with Gasteiger partial charge in [0.25, 0.3) is 0 Å². The van der Waals surface area contributed by atoms with Crippen molar-refractivity contribution in [2.45, 2.75) is 58.4 Å². The first-order valence-electron chi connectivity index (χ1n) is 8.36. The molecular weight excluding hydrogens is 334 g/mol. The van der Waals surface area contributed by atoms with Crippen LogP contribution in [0.4, 0.5) is 5.69 Å². The van der Waals surface area contributed by atoms with Gasteiger partial charge in [0.2, 0.25) is 0 Å². The number of hydrogen-bond acceptors (Lipinski definition) is 1. The van der Waals surface area contributed by atoms with Crippen LogP contribution in [0.2, 0.25) is 0 Å². The van der Waals surface area contributed by atoms with E-state index in [0.717, 1.165) is 0 Å². The number of anilines is 1. The van der Waals surface area contributed by atoms with Gasteiger partial charge in [-0.25, -0.2) is 0 Å². The quantitative estimate of drug-likeness (QED) is 0.595. The van der Waals surface area contributed by atoms with Gasteiger partial charge in [-0.05, 0) is 35.7 Å². The molecule has 0 radical (unpaired) electrons. The van der Waals surface area contributed by atoms with Crippen LogP contribution in [0, 0.1) is 0 Å². The second kappa shape index (κ2) is 6.62. The highest BCUT2D eigenvalue weighted by Crippen LogP contribution is 2.48. The van der Waals surface area contributed by atoms with Gasteiger partial charge >= 0.3 is 0 Å². The number of hydrogen-bond donors (Lipinski definition) is 0. The van der Waals surface area contributed by atoms with Gasteiger partial charge in [-0.2, -0.15) is 0 Å². The Labute approximate surface area is 145 Å². The Morgan fingerprint density at radius 3 is 2.50 bits per heavy atom. The lowest BCUT2D eigenvalue weighted by molar-refractivity contribution is 0.439. The first-order valence-corrected chi connectivity index (χ1v) is 8.36. The van der Waals surface area contributed by atoms with Gasteiger partial charge in [0, 0.05) is 23.7 Å². The maximum absolute atomic E-state index is 2.64. The Bertz CT molecular complexity index is 647. The second-order valence-electron chi connectivity index (χ2n) is 6.98. The van der Waals surface area contributed by atoms with Crippen LogP contribution in [-0.2, 0) is 5.41 Å². The number of unbranched alkanes of at least 4 members (excludes halogenated alkanes) is 2. The number of rotatable bonds is 4. The Morgan fingerprint density at radius 1 is 1.05 bits per heavy atom. The van der Waals surface area contributed by atoms with Crippen LogP contribution in [0.3, 0.4) is 0 Å². The normalized spacial score (nSPS) is 19.1. The molecule has 0 aliphatic carbocycles. The molecule has 1 atom stereocenters. The number of halogens is 1. The average molecular weight is 362 g/mol. The summed E-state index contributed by atoms with van der Waals surface area (Å²) >= 11 is 0. The van der Waals surface area contributed by atoms with Crippen molar-refractivity contribution >= 4 is 33.4 Å². The minimum atomic E-state index is 0. The Kier molecular flexibility index (Phi) is 5.21. The van der Waals surface area contributed by atoms with E-state index in [0.29, 0.717) is 6.04 Å². The van der Waals surface area contributed by atoms with Crippen LogP contribution < -0.4 is 4.90 Å². The van der Waals surface area contributed by atoms with Crippen molar-refractivity contribution in [3.05, 3.63) is 42.0 Å². The van der Waals surface area contributed by atoms with Gasteiger partial charge in [0.15, 0.2) is 0 Å². The summed E-state index contributed by atoms with van der Waals surface area (Å²) in [4.78, 5) is 2.64. The highest BCUT2D eigenvalue weighted by molar-refractivity contribution is 8.93. The molecule has 0 aromatic heterocycles. The zero-order valence-corrected chi connectivity index (χ0v) is 15.9. The average Bonchev–Trinajstić information content (AvgIpc) is 2.68. The largest absolute Gasteiger partial charge is 0.368 e. The second-order valence-corrected chi connectivity index (χ2v) is 6.98. The molecule has 22 heavy (non-hydrogen) atoms. The van der Waals surface area contributed by atoms with Crippen molar-refractivity contribution < 1.29 is 0 Å². The molecule has 0 saturated carbocycles. The Balaban J connectivity index is 0.00000176. The van der Waals surface area contributed by atoms with Crippen molar-refractivity contribution in [2.75, 3.05) is 11.4 Å². The molecule has 0 saturated heterocycles. The highest BCUT2D eigenvalue weighted by Gasteiger charge is 2.42. The van der Waals surface area contributed by atoms with Gasteiger partial charge in [-0.3, -0.25) is 0 Å². The molecule has 1 unspecified atom stereocenters. The molecule has 0 bridgehead atoms. The molecule has 0 amide bonds. The molecule has 1 aliphatic rings. The third-order valence-electron chi connectivity index (χ3n) is 5.38. The molecule has 0 N–H and O–H groups in total. The van der Waals surface area contributed by atoms with E-state index in [9.17, 15) is 0 Å². The van der Waals surface area contributed by atoms with Crippen LogP contribution in [0.1, 0.15) is 52.5 Å². The van der Waals surface area contributed by atoms with E-state index >= 15 is 0 Å². The Morgan fingerprint density at radius 2 is 1.77 bits per heavy atom. The van der Waals surface area contributed by atoms with E-state index < -0.39 is 0 Å². The molecule has 3 rings (SSSR count). The molecule has 2 aromatic carbocycles. The van der Waals surface area contributed by atoms with E-state index in [1.165, 1.54) is 42.3 Å². The molecule has 0 fully saturated rings. The minimum Gasteiger partial charge on any atom is -0.368 e. The SMILES string of the molecule is Br.CCCCCN1c2ccc3ccccc3c2C(C)(C)C1C. The van der Waals surface area contributed by atoms with Crippen molar-refractivity contribution in [1.29, 1.82) is 0 Å².